The number of halogens is 2. The molecule has 0 spiro atoms. The van der Waals surface area contributed by atoms with Crippen molar-refractivity contribution in [2.75, 3.05) is 14.1 Å². The van der Waals surface area contributed by atoms with Crippen LogP contribution in [0.2, 0.25) is 0 Å². The van der Waals surface area contributed by atoms with Crippen LogP contribution in [0, 0.1) is 11.3 Å². The maximum absolute atomic E-state index is 13.1. The number of hydrogen-bond acceptors (Lipinski definition) is 8. The summed E-state index contributed by atoms with van der Waals surface area (Å²) in [6, 6.07) is 13.4. The van der Waals surface area contributed by atoms with E-state index in [1.54, 1.807) is 32.4 Å². The molecule has 0 unspecified atom stereocenters. The van der Waals surface area contributed by atoms with E-state index >= 15 is 0 Å². The Morgan fingerprint density at radius 3 is 2.60 bits per heavy atom. The SMILES string of the molecule is CN(C)C(=O)c1ccc(-c2cc(SNC3(C#N)CC3)cc3c2cnn3-c2nnc(C(F)F)s2)cc1. The summed E-state index contributed by atoms with van der Waals surface area (Å²) in [5.41, 5.74) is 2.41. The van der Waals surface area contributed by atoms with Crippen LogP contribution in [0.15, 0.2) is 47.5 Å². The third kappa shape index (κ3) is 4.50. The Labute approximate surface area is 207 Å². The van der Waals surface area contributed by atoms with Crippen molar-refractivity contribution >= 4 is 40.1 Å². The highest BCUT2D eigenvalue weighted by atomic mass is 32.2. The number of aromatic nitrogens is 4. The number of nitrogens with one attached hydrogen (secondary N) is 1. The molecule has 35 heavy (non-hydrogen) atoms. The minimum atomic E-state index is -2.71. The highest BCUT2D eigenvalue weighted by Gasteiger charge is 2.43. The van der Waals surface area contributed by atoms with Crippen LogP contribution in [0.25, 0.3) is 27.2 Å². The minimum absolute atomic E-state index is 0.0969. The molecule has 2 heterocycles. The van der Waals surface area contributed by atoms with Crippen LogP contribution in [-0.4, -0.2) is 50.4 Å². The van der Waals surface area contributed by atoms with E-state index in [0.29, 0.717) is 11.1 Å². The summed E-state index contributed by atoms with van der Waals surface area (Å²) in [5, 5.41) is 21.9. The van der Waals surface area contributed by atoms with Gasteiger partial charge in [0, 0.05) is 29.9 Å². The van der Waals surface area contributed by atoms with Crippen LogP contribution in [-0.2, 0) is 0 Å². The zero-order chi connectivity index (χ0) is 24.7. The molecule has 1 fully saturated rings. The van der Waals surface area contributed by atoms with E-state index in [9.17, 15) is 18.8 Å². The number of benzene rings is 2. The van der Waals surface area contributed by atoms with Gasteiger partial charge in [0.15, 0.2) is 5.01 Å². The van der Waals surface area contributed by atoms with Crippen LogP contribution >= 0.6 is 23.3 Å². The van der Waals surface area contributed by atoms with Crippen molar-refractivity contribution in [1.82, 2.24) is 29.6 Å². The quantitative estimate of drug-likeness (QED) is 0.355. The molecule has 0 atom stereocenters. The maximum Gasteiger partial charge on any atom is 0.291 e. The smallest absolute Gasteiger partial charge is 0.291 e. The third-order valence-corrected chi connectivity index (χ3v) is 7.51. The first kappa shape index (κ1) is 23.3. The van der Waals surface area contributed by atoms with E-state index in [1.165, 1.54) is 21.5 Å². The Balaban J connectivity index is 1.59. The first-order chi connectivity index (χ1) is 16.8. The Kier molecular flexibility index (Phi) is 6.00. The molecule has 5 rings (SSSR count). The van der Waals surface area contributed by atoms with Crippen molar-refractivity contribution in [3.05, 3.63) is 53.2 Å². The van der Waals surface area contributed by atoms with E-state index in [4.69, 9.17) is 0 Å². The van der Waals surface area contributed by atoms with Gasteiger partial charge in [-0.2, -0.15) is 10.4 Å². The van der Waals surface area contributed by atoms with E-state index < -0.39 is 12.0 Å². The molecule has 2 aromatic heterocycles. The molecule has 1 aliphatic carbocycles. The average molecular weight is 512 g/mol. The number of rotatable bonds is 7. The molecule has 0 bridgehead atoms. The van der Waals surface area contributed by atoms with Crippen molar-refractivity contribution < 1.29 is 13.6 Å². The second kappa shape index (κ2) is 8.99. The molecule has 8 nitrogen and oxygen atoms in total. The van der Waals surface area contributed by atoms with Crippen LogP contribution < -0.4 is 4.72 Å². The fourth-order valence-corrected chi connectivity index (χ4v) is 5.10. The molecular formula is C23H19F2N7OS2. The molecule has 0 radical (unpaired) electrons. The fraction of sp³-hybridized carbons (Fsp3) is 0.261. The van der Waals surface area contributed by atoms with E-state index in [1.807, 2.05) is 24.3 Å². The van der Waals surface area contributed by atoms with Crippen LogP contribution in [0.3, 0.4) is 0 Å². The van der Waals surface area contributed by atoms with Gasteiger partial charge in [0.05, 0.1) is 17.8 Å². The van der Waals surface area contributed by atoms with Gasteiger partial charge in [-0.05, 0) is 60.2 Å². The molecule has 1 N–H and O–H groups in total. The Morgan fingerprint density at radius 1 is 1.26 bits per heavy atom. The number of carbonyl (C=O) groups is 1. The lowest BCUT2D eigenvalue weighted by molar-refractivity contribution is 0.0827. The molecular weight excluding hydrogens is 492 g/mol. The average Bonchev–Trinajstić information content (AvgIpc) is 3.25. The molecule has 4 aromatic rings. The fourth-order valence-electron chi connectivity index (χ4n) is 3.52. The minimum Gasteiger partial charge on any atom is -0.345 e. The largest absolute Gasteiger partial charge is 0.345 e. The zero-order valence-corrected chi connectivity index (χ0v) is 20.3. The number of nitriles is 1. The van der Waals surface area contributed by atoms with Crippen molar-refractivity contribution in [2.24, 2.45) is 0 Å². The monoisotopic (exact) mass is 511 g/mol. The summed E-state index contributed by atoms with van der Waals surface area (Å²) < 4.78 is 30.9. The van der Waals surface area contributed by atoms with Crippen molar-refractivity contribution in [3.8, 4) is 22.3 Å². The molecule has 12 heteroatoms. The van der Waals surface area contributed by atoms with E-state index in [-0.39, 0.29) is 16.0 Å². The van der Waals surface area contributed by atoms with E-state index in [0.717, 1.165) is 45.6 Å². The maximum atomic E-state index is 13.1. The number of carbonyl (C=O) groups excluding carboxylic acids is 1. The number of alkyl halides is 2. The zero-order valence-electron chi connectivity index (χ0n) is 18.7. The second-order valence-electron chi connectivity index (χ2n) is 8.36. The second-order valence-corrected chi connectivity index (χ2v) is 10.2. The summed E-state index contributed by atoms with van der Waals surface area (Å²) in [6.45, 7) is 0. The van der Waals surface area contributed by atoms with Gasteiger partial charge in [0.25, 0.3) is 12.3 Å². The topological polar surface area (TPSA) is 99.7 Å². The van der Waals surface area contributed by atoms with Gasteiger partial charge in [0.1, 0.15) is 5.54 Å². The predicted molar refractivity (Wildman–Crippen MR) is 130 cm³/mol. The molecule has 1 amide bonds. The molecule has 0 aliphatic heterocycles. The van der Waals surface area contributed by atoms with Gasteiger partial charge in [-0.1, -0.05) is 23.5 Å². The number of fused-ring (bicyclic) bond motifs is 1. The number of amides is 1. The van der Waals surface area contributed by atoms with Crippen LogP contribution in [0.4, 0.5) is 8.78 Å². The van der Waals surface area contributed by atoms with Gasteiger partial charge in [-0.3, -0.25) is 4.79 Å². The lowest BCUT2D eigenvalue weighted by Crippen LogP contribution is -2.22. The number of nitrogens with zero attached hydrogens (tertiary/aromatic N) is 6. The molecule has 1 aliphatic rings. The van der Waals surface area contributed by atoms with E-state index in [2.05, 4.69) is 26.1 Å². The van der Waals surface area contributed by atoms with Gasteiger partial charge < -0.3 is 4.90 Å². The van der Waals surface area contributed by atoms with Gasteiger partial charge >= 0.3 is 0 Å². The summed E-state index contributed by atoms with van der Waals surface area (Å²) in [5.74, 6) is -0.0969. The van der Waals surface area contributed by atoms with Crippen molar-refractivity contribution in [3.63, 3.8) is 0 Å². The first-order valence-electron chi connectivity index (χ1n) is 10.6. The lowest BCUT2D eigenvalue weighted by atomic mass is 10.0. The molecule has 1 saturated carbocycles. The van der Waals surface area contributed by atoms with Crippen LogP contribution in [0.1, 0.15) is 34.6 Å². The Bertz CT molecular complexity index is 1450. The van der Waals surface area contributed by atoms with Gasteiger partial charge in [0.2, 0.25) is 5.13 Å². The summed E-state index contributed by atoms with van der Waals surface area (Å²) in [4.78, 5) is 14.6. The normalized spacial score (nSPS) is 14.3. The van der Waals surface area contributed by atoms with Crippen LogP contribution in [0.5, 0.6) is 0 Å². The molecule has 0 saturated heterocycles. The summed E-state index contributed by atoms with van der Waals surface area (Å²) in [6.07, 6.45) is 0.517. The lowest BCUT2D eigenvalue weighted by Gasteiger charge is -2.13. The first-order valence-corrected chi connectivity index (χ1v) is 12.2. The summed E-state index contributed by atoms with van der Waals surface area (Å²) in [7, 11) is 3.39. The standard InChI is InChI=1S/C23H19F2N7OS2/c1-31(2)21(33)14-5-3-13(4-6-14)16-9-15(35-30-23(12-26)7-8-23)10-18-17(16)11-27-32(18)22-29-28-20(34-22)19(24)25/h3-6,9-11,19,30H,7-8H2,1-2H3. The van der Waals surface area contributed by atoms with Gasteiger partial charge in [-0.15, -0.1) is 10.2 Å². The number of hydrogen-bond donors (Lipinski definition) is 1. The Morgan fingerprint density at radius 2 is 2.00 bits per heavy atom. The highest BCUT2D eigenvalue weighted by Crippen LogP contribution is 2.40. The van der Waals surface area contributed by atoms with Gasteiger partial charge in [-0.25, -0.2) is 18.2 Å². The predicted octanol–water partition coefficient (Wildman–Crippen LogP) is 4.84. The Hall–Kier alpha value is -3.40. The highest BCUT2D eigenvalue weighted by molar-refractivity contribution is 7.97. The third-order valence-electron chi connectivity index (χ3n) is 5.64. The van der Waals surface area contributed by atoms with Crippen molar-refractivity contribution in [1.29, 1.82) is 5.26 Å². The summed E-state index contributed by atoms with van der Waals surface area (Å²) >= 11 is 2.12. The molecule has 178 valence electrons. The van der Waals surface area contributed by atoms with Crippen molar-refractivity contribution in [2.45, 2.75) is 29.7 Å². The molecule has 2 aromatic carbocycles.